The van der Waals surface area contributed by atoms with E-state index in [1.165, 1.54) is 5.56 Å². The first-order chi connectivity index (χ1) is 7.01. The molecule has 0 bridgehead atoms. The third kappa shape index (κ3) is 4.87. The van der Waals surface area contributed by atoms with E-state index in [-0.39, 0.29) is 5.54 Å². The highest BCUT2D eigenvalue weighted by Crippen LogP contribution is 2.17. The van der Waals surface area contributed by atoms with Crippen LogP contribution in [0.4, 0.5) is 0 Å². The minimum atomic E-state index is -0.127. The molecule has 80 valence electrons. The molecular formula is C12H16N2S. The molecule has 0 radical (unpaired) electrons. The van der Waals surface area contributed by atoms with Crippen LogP contribution in [-0.4, -0.2) is 11.3 Å². The van der Waals surface area contributed by atoms with Gasteiger partial charge in [-0.05, 0) is 31.5 Å². The number of nitriles is 1. The fourth-order valence-corrected chi connectivity index (χ4v) is 2.21. The highest BCUT2D eigenvalue weighted by molar-refractivity contribution is 7.98. The summed E-state index contributed by atoms with van der Waals surface area (Å²) in [6, 6.07) is 9.85. The second-order valence-electron chi connectivity index (χ2n) is 4.29. The molecule has 1 aromatic carbocycles. The summed E-state index contributed by atoms with van der Waals surface area (Å²) in [5.74, 6) is 1.83. The van der Waals surface area contributed by atoms with Crippen LogP contribution in [0.3, 0.4) is 0 Å². The summed E-state index contributed by atoms with van der Waals surface area (Å²) in [5, 5.41) is 8.74. The minimum absolute atomic E-state index is 0.127. The van der Waals surface area contributed by atoms with Crippen molar-refractivity contribution in [3.63, 3.8) is 0 Å². The van der Waals surface area contributed by atoms with E-state index < -0.39 is 0 Å². The van der Waals surface area contributed by atoms with Crippen molar-refractivity contribution in [3.05, 3.63) is 35.4 Å². The summed E-state index contributed by atoms with van der Waals surface area (Å²) in [5.41, 5.74) is 7.66. The lowest BCUT2D eigenvalue weighted by Gasteiger charge is -2.17. The molecule has 15 heavy (non-hydrogen) atoms. The molecule has 2 nitrogen and oxygen atoms in total. The fraction of sp³-hybridized carbons (Fsp3) is 0.417. The molecule has 0 fully saturated rings. The number of rotatable bonds is 4. The zero-order valence-corrected chi connectivity index (χ0v) is 9.97. The molecule has 0 spiro atoms. The zero-order chi connectivity index (χ0) is 11.3. The molecule has 0 aliphatic heterocycles. The van der Waals surface area contributed by atoms with Crippen LogP contribution < -0.4 is 5.73 Å². The van der Waals surface area contributed by atoms with Crippen molar-refractivity contribution >= 4 is 11.8 Å². The highest BCUT2D eigenvalue weighted by atomic mass is 32.2. The first-order valence-corrected chi connectivity index (χ1v) is 6.02. The number of thioether (sulfide) groups is 1. The lowest BCUT2D eigenvalue weighted by Crippen LogP contribution is -2.34. The summed E-state index contributed by atoms with van der Waals surface area (Å²) in [6.45, 7) is 4.04. The van der Waals surface area contributed by atoms with Crippen molar-refractivity contribution in [1.29, 1.82) is 5.26 Å². The second-order valence-corrected chi connectivity index (χ2v) is 5.28. The highest BCUT2D eigenvalue weighted by Gasteiger charge is 2.09. The average Bonchev–Trinajstić information content (AvgIpc) is 2.16. The molecule has 0 saturated carbocycles. The van der Waals surface area contributed by atoms with Crippen LogP contribution in [0.1, 0.15) is 25.0 Å². The molecular weight excluding hydrogens is 204 g/mol. The summed E-state index contributed by atoms with van der Waals surface area (Å²) < 4.78 is 0. The van der Waals surface area contributed by atoms with Gasteiger partial charge in [-0.1, -0.05) is 12.1 Å². The van der Waals surface area contributed by atoms with E-state index in [0.717, 1.165) is 17.1 Å². The first kappa shape index (κ1) is 12.1. The predicted octanol–water partition coefficient (Wildman–Crippen LogP) is 2.53. The molecule has 0 heterocycles. The second kappa shape index (κ2) is 5.20. The van der Waals surface area contributed by atoms with Gasteiger partial charge in [-0.25, -0.2) is 0 Å². The molecule has 0 aliphatic carbocycles. The quantitative estimate of drug-likeness (QED) is 0.848. The van der Waals surface area contributed by atoms with Gasteiger partial charge in [0, 0.05) is 17.0 Å². The van der Waals surface area contributed by atoms with Gasteiger partial charge in [-0.15, -0.1) is 0 Å². The molecule has 3 heteroatoms. The van der Waals surface area contributed by atoms with Gasteiger partial charge in [0.05, 0.1) is 11.6 Å². The average molecular weight is 220 g/mol. The van der Waals surface area contributed by atoms with Gasteiger partial charge < -0.3 is 5.73 Å². The van der Waals surface area contributed by atoms with Crippen molar-refractivity contribution in [2.24, 2.45) is 5.73 Å². The minimum Gasteiger partial charge on any atom is -0.325 e. The maximum Gasteiger partial charge on any atom is 0.0991 e. The summed E-state index contributed by atoms with van der Waals surface area (Å²) in [6.07, 6.45) is 0. The Hall–Kier alpha value is -0.980. The van der Waals surface area contributed by atoms with Crippen molar-refractivity contribution in [2.75, 3.05) is 5.75 Å². The van der Waals surface area contributed by atoms with Crippen LogP contribution in [0.25, 0.3) is 0 Å². The maximum absolute atomic E-state index is 8.74. The molecule has 0 atom stereocenters. The fourth-order valence-electron chi connectivity index (χ4n) is 1.16. The monoisotopic (exact) mass is 220 g/mol. The Morgan fingerprint density at radius 3 is 2.80 bits per heavy atom. The van der Waals surface area contributed by atoms with E-state index in [1.54, 1.807) is 11.8 Å². The Morgan fingerprint density at radius 2 is 2.20 bits per heavy atom. The Morgan fingerprint density at radius 1 is 1.47 bits per heavy atom. The van der Waals surface area contributed by atoms with Crippen LogP contribution >= 0.6 is 11.8 Å². The largest absolute Gasteiger partial charge is 0.325 e. The Kier molecular flexibility index (Phi) is 4.19. The maximum atomic E-state index is 8.74. The normalized spacial score (nSPS) is 11.1. The van der Waals surface area contributed by atoms with Crippen LogP contribution in [0.15, 0.2) is 24.3 Å². The lowest BCUT2D eigenvalue weighted by atomic mass is 10.1. The van der Waals surface area contributed by atoms with Crippen molar-refractivity contribution in [3.8, 4) is 6.07 Å². The van der Waals surface area contributed by atoms with E-state index in [4.69, 9.17) is 11.0 Å². The molecule has 0 aliphatic rings. The van der Waals surface area contributed by atoms with Crippen LogP contribution in [0.5, 0.6) is 0 Å². The van der Waals surface area contributed by atoms with E-state index in [0.29, 0.717) is 0 Å². The molecule has 2 N–H and O–H groups in total. The van der Waals surface area contributed by atoms with Gasteiger partial charge in [0.2, 0.25) is 0 Å². The van der Waals surface area contributed by atoms with Crippen molar-refractivity contribution in [1.82, 2.24) is 0 Å². The van der Waals surface area contributed by atoms with Gasteiger partial charge in [0.25, 0.3) is 0 Å². The summed E-state index contributed by atoms with van der Waals surface area (Å²) >= 11 is 1.80. The Labute approximate surface area is 95.5 Å². The molecule has 1 aromatic rings. The standard InChI is InChI=1S/C12H16N2S/c1-12(2,14)9-15-8-11-5-3-4-10(6-11)7-13/h3-6H,8-9,14H2,1-2H3. The van der Waals surface area contributed by atoms with E-state index in [1.807, 2.05) is 38.1 Å². The van der Waals surface area contributed by atoms with Gasteiger partial charge in [-0.3, -0.25) is 0 Å². The Balaban J connectivity index is 2.48. The van der Waals surface area contributed by atoms with Crippen LogP contribution in [0.2, 0.25) is 0 Å². The smallest absolute Gasteiger partial charge is 0.0991 e. The van der Waals surface area contributed by atoms with Crippen molar-refractivity contribution < 1.29 is 0 Å². The summed E-state index contributed by atoms with van der Waals surface area (Å²) in [4.78, 5) is 0. The number of nitrogens with zero attached hydrogens (tertiary/aromatic N) is 1. The van der Waals surface area contributed by atoms with E-state index in [2.05, 4.69) is 6.07 Å². The van der Waals surface area contributed by atoms with E-state index in [9.17, 15) is 0 Å². The van der Waals surface area contributed by atoms with Gasteiger partial charge >= 0.3 is 0 Å². The first-order valence-electron chi connectivity index (χ1n) is 4.87. The van der Waals surface area contributed by atoms with Gasteiger partial charge in [0.1, 0.15) is 0 Å². The topological polar surface area (TPSA) is 49.8 Å². The predicted molar refractivity (Wildman–Crippen MR) is 65.6 cm³/mol. The SMILES string of the molecule is CC(C)(N)CSCc1cccc(C#N)c1. The van der Waals surface area contributed by atoms with Gasteiger partial charge in [0.15, 0.2) is 0 Å². The molecule has 0 unspecified atom stereocenters. The number of benzene rings is 1. The van der Waals surface area contributed by atoms with Gasteiger partial charge in [-0.2, -0.15) is 17.0 Å². The number of nitrogens with two attached hydrogens (primary N) is 1. The number of hydrogen-bond donors (Lipinski definition) is 1. The number of hydrogen-bond acceptors (Lipinski definition) is 3. The molecule has 1 rings (SSSR count). The third-order valence-corrected chi connectivity index (χ3v) is 3.28. The van der Waals surface area contributed by atoms with E-state index >= 15 is 0 Å². The van der Waals surface area contributed by atoms with Crippen LogP contribution in [0, 0.1) is 11.3 Å². The van der Waals surface area contributed by atoms with Crippen LogP contribution in [-0.2, 0) is 5.75 Å². The summed E-state index contributed by atoms with van der Waals surface area (Å²) in [7, 11) is 0. The zero-order valence-electron chi connectivity index (χ0n) is 9.16. The molecule has 0 saturated heterocycles. The molecule has 0 amide bonds. The van der Waals surface area contributed by atoms with Crippen molar-refractivity contribution in [2.45, 2.75) is 25.1 Å². The molecule has 0 aromatic heterocycles. The third-order valence-electron chi connectivity index (χ3n) is 1.80. The lowest BCUT2D eigenvalue weighted by molar-refractivity contribution is 0.591. The Bertz CT molecular complexity index is 361.